The monoisotopic (exact) mass is 668 g/mol. The lowest BCUT2D eigenvalue weighted by Crippen LogP contribution is -2.59. The Labute approximate surface area is 284 Å². The van der Waals surface area contributed by atoms with Crippen molar-refractivity contribution in [2.45, 2.75) is 121 Å². The molecule has 2 heterocycles. The topological polar surface area (TPSA) is 171 Å². The van der Waals surface area contributed by atoms with Crippen molar-refractivity contribution in [1.29, 1.82) is 0 Å². The van der Waals surface area contributed by atoms with Gasteiger partial charge in [-0.15, -0.1) is 0 Å². The highest BCUT2D eigenvalue weighted by Gasteiger charge is 2.36. The van der Waals surface area contributed by atoms with E-state index in [1.165, 1.54) is 17.6 Å². The predicted octanol–water partition coefficient (Wildman–Crippen LogP) is 2.78. The van der Waals surface area contributed by atoms with E-state index < -0.39 is 54.3 Å². The number of urea groups is 1. The first kappa shape index (κ1) is 37.3. The quantitative estimate of drug-likeness (QED) is 0.169. The fourth-order valence-electron chi connectivity index (χ4n) is 6.83. The second-order valence-corrected chi connectivity index (χ2v) is 14.1. The Hall–Kier alpha value is -3.48. The molecule has 1 aromatic carbocycles. The van der Waals surface area contributed by atoms with Gasteiger partial charge in [0.1, 0.15) is 12.1 Å². The maximum absolute atomic E-state index is 14.3. The third kappa shape index (κ3) is 11.0. The van der Waals surface area contributed by atoms with Crippen LogP contribution < -0.4 is 10.6 Å². The molecule has 5 atom stereocenters. The number of imidazole rings is 1. The molecule has 2 aromatic rings. The van der Waals surface area contributed by atoms with Crippen LogP contribution in [0.1, 0.15) is 82.9 Å². The van der Waals surface area contributed by atoms with Crippen molar-refractivity contribution < 1.29 is 29.7 Å². The van der Waals surface area contributed by atoms with Crippen molar-refractivity contribution in [1.82, 2.24) is 30.4 Å². The maximum Gasteiger partial charge on any atom is 0.318 e. The standard InChI is InChI=1S/C36H56N6O6/c1-24(2)32(44)21-33(45)29(18-25-10-6-4-7-11-25)39-34(46)31(20-27-22-37-23-38-27)41(3)35(47)30(19-26-12-8-5-9-13-26)40-36(48)42-16-14-28(43)15-17-42/h5,8-9,12-13,22-25,28-33,43-45H,4,6-7,10-11,14-21H2,1-3H3,(H,37,38)(H,39,46)(H,40,48)/t29-,30-,31-,32-,33-/m0/s1. The molecule has 2 fully saturated rings. The van der Waals surface area contributed by atoms with Gasteiger partial charge in [-0.05, 0) is 36.7 Å². The van der Waals surface area contributed by atoms with E-state index in [1.54, 1.807) is 18.1 Å². The Morgan fingerprint density at radius 1 is 0.979 bits per heavy atom. The molecule has 0 spiro atoms. The summed E-state index contributed by atoms with van der Waals surface area (Å²) in [7, 11) is 1.57. The Morgan fingerprint density at radius 3 is 2.29 bits per heavy atom. The number of H-pyrrole nitrogens is 1. The van der Waals surface area contributed by atoms with Gasteiger partial charge < -0.3 is 40.7 Å². The Kier molecular flexibility index (Phi) is 14.3. The maximum atomic E-state index is 14.3. The van der Waals surface area contributed by atoms with Crippen molar-refractivity contribution in [3.05, 3.63) is 54.1 Å². The van der Waals surface area contributed by atoms with E-state index in [9.17, 15) is 29.7 Å². The molecular formula is C36H56N6O6. The van der Waals surface area contributed by atoms with Crippen LogP contribution in [0, 0.1) is 11.8 Å². The summed E-state index contributed by atoms with van der Waals surface area (Å²) in [5, 5.41) is 37.9. The number of likely N-dealkylation sites (N-methyl/N-ethyl adjacent to an activating group) is 1. The SMILES string of the molecule is CC(C)[C@@H](O)C[C@H](O)[C@H](CC1CCCCC1)NC(=O)[C@H](Cc1cnc[nH]1)N(C)C(=O)[C@H](Cc1ccccc1)NC(=O)N1CCC(O)CC1. The molecule has 2 aliphatic rings. The number of nitrogens with one attached hydrogen (secondary N) is 3. The average Bonchev–Trinajstić information content (AvgIpc) is 3.60. The molecule has 12 heteroatoms. The van der Waals surface area contributed by atoms with E-state index >= 15 is 0 Å². The number of aromatic amines is 1. The van der Waals surface area contributed by atoms with E-state index in [4.69, 9.17) is 0 Å². The van der Waals surface area contributed by atoms with Gasteiger partial charge in [-0.2, -0.15) is 0 Å². The van der Waals surface area contributed by atoms with Gasteiger partial charge in [0.15, 0.2) is 0 Å². The molecule has 0 bridgehead atoms. The number of hydrogen-bond acceptors (Lipinski definition) is 7. The van der Waals surface area contributed by atoms with Crippen LogP contribution in [0.2, 0.25) is 0 Å². The van der Waals surface area contributed by atoms with Gasteiger partial charge in [0.25, 0.3) is 0 Å². The first-order valence-electron chi connectivity index (χ1n) is 17.7. The van der Waals surface area contributed by atoms with Crippen LogP contribution in [0.3, 0.4) is 0 Å². The molecule has 1 saturated carbocycles. The summed E-state index contributed by atoms with van der Waals surface area (Å²) < 4.78 is 0. The van der Waals surface area contributed by atoms with Crippen molar-refractivity contribution >= 4 is 17.8 Å². The zero-order chi connectivity index (χ0) is 34.6. The second-order valence-electron chi connectivity index (χ2n) is 14.1. The molecular weight excluding hydrogens is 612 g/mol. The summed E-state index contributed by atoms with van der Waals surface area (Å²) in [5.41, 5.74) is 1.51. The number of aliphatic hydroxyl groups excluding tert-OH is 3. The largest absolute Gasteiger partial charge is 0.393 e. The molecule has 1 aliphatic carbocycles. The molecule has 48 heavy (non-hydrogen) atoms. The first-order chi connectivity index (χ1) is 23.0. The number of amides is 4. The van der Waals surface area contributed by atoms with Gasteiger partial charge >= 0.3 is 6.03 Å². The van der Waals surface area contributed by atoms with E-state index in [0.29, 0.717) is 44.0 Å². The minimum atomic E-state index is -0.977. The summed E-state index contributed by atoms with van der Waals surface area (Å²) in [6, 6.07) is 6.48. The summed E-state index contributed by atoms with van der Waals surface area (Å²) in [4.78, 5) is 52.0. The fourth-order valence-corrected chi connectivity index (χ4v) is 6.83. The summed E-state index contributed by atoms with van der Waals surface area (Å²) in [6.45, 7) is 4.56. The first-order valence-corrected chi connectivity index (χ1v) is 17.7. The minimum Gasteiger partial charge on any atom is -0.393 e. The van der Waals surface area contributed by atoms with Crippen LogP contribution in [0.5, 0.6) is 0 Å². The second kappa shape index (κ2) is 18.3. The number of piperidine rings is 1. The van der Waals surface area contributed by atoms with Crippen LogP contribution in [0.4, 0.5) is 4.79 Å². The lowest BCUT2D eigenvalue weighted by atomic mass is 9.82. The highest BCUT2D eigenvalue weighted by Crippen LogP contribution is 2.29. The number of carbonyl (C=O) groups excluding carboxylic acids is 3. The van der Waals surface area contributed by atoms with Crippen LogP contribution in [-0.2, 0) is 22.4 Å². The van der Waals surface area contributed by atoms with Crippen LogP contribution in [0.15, 0.2) is 42.9 Å². The molecule has 1 aliphatic heterocycles. The molecule has 266 valence electrons. The number of rotatable bonds is 15. The van der Waals surface area contributed by atoms with Gasteiger partial charge in [-0.3, -0.25) is 9.59 Å². The lowest BCUT2D eigenvalue weighted by molar-refractivity contribution is -0.141. The van der Waals surface area contributed by atoms with Crippen molar-refractivity contribution in [3.63, 3.8) is 0 Å². The number of aromatic nitrogens is 2. The summed E-state index contributed by atoms with van der Waals surface area (Å²) in [6.07, 6.45) is 8.49. The number of nitrogens with zero attached hydrogens (tertiary/aromatic N) is 3. The molecule has 1 aromatic heterocycles. The van der Waals surface area contributed by atoms with Gasteiger partial charge in [-0.1, -0.05) is 76.3 Å². The number of benzene rings is 1. The zero-order valence-electron chi connectivity index (χ0n) is 28.8. The van der Waals surface area contributed by atoms with Crippen molar-refractivity contribution in [3.8, 4) is 0 Å². The Morgan fingerprint density at radius 2 is 1.67 bits per heavy atom. The number of aliphatic hydroxyl groups is 3. The van der Waals surface area contributed by atoms with Crippen LogP contribution >= 0.6 is 0 Å². The lowest BCUT2D eigenvalue weighted by Gasteiger charge is -2.36. The number of hydrogen-bond donors (Lipinski definition) is 6. The molecule has 4 rings (SSSR count). The van der Waals surface area contributed by atoms with Gasteiger partial charge in [0.2, 0.25) is 11.8 Å². The van der Waals surface area contributed by atoms with Crippen LogP contribution in [-0.4, -0.2) is 110 Å². The Balaban J connectivity index is 1.57. The highest BCUT2D eigenvalue weighted by atomic mass is 16.3. The highest BCUT2D eigenvalue weighted by molar-refractivity contribution is 5.92. The van der Waals surface area contributed by atoms with Crippen molar-refractivity contribution in [2.24, 2.45) is 11.8 Å². The van der Waals surface area contributed by atoms with E-state index in [1.807, 2.05) is 44.2 Å². The predicted molar refractivity (Wildman–Crippen MR) is 183 cm³/mol. The van der Waals surface area contributed by atoms with Gasteiger partial charge in [0, 0.05) is 51.3 Å². The van der Waals surface area contributed by atoms with Gasteiger partial charge in [-0.25, -0.2) is 9.78 Å². The third-order valence-corrected chi connectivity index (χ3v) is 10.1. The normalized spacial score (nSPS) is 19.3. The molecule has 0 unspecified atom stereocenters. The molecule has 12 nitrogen and oxygen atoms in total. The van der Waals surface area contributed by atoms with E-state index in [2.05, 4.69) is 20.6 Å². The minimum absolute atomic E-state index is 0.0469. The summed E-state index contributed by atoms with van der Waals surface area (Å²) >= 11 is 0. The van der Waals surface area contributed by atoms with E-state index in [0.717, 1.165) is 31.2 Å². The zero-order valence-corrected chi connectivity index (χ0v) is 28.8. The molecule has 1 saturated heterocycles. The molecule has 4 amide bonds. The van der Waals surface area contributed by atoms with Crippen LogP contribution in [0.25, 0.3) is 0 Å². The van der Waals surface area contributed by atoms with Crippen molar-refractivity contribution in [2.75, 3.05) is 20.1 Å². The summed E-state index contributed by atoms with van der Waals surface area (Å²) in [5.74, 6) is -0.548. The Bertz CT molecular complexity index is 1260. The fraction of sp³-hybridized carbons (Fsp3) is 0.667. The molecule has 6 N–H and O–H groups in total. The smallest absolute Gasteiger partial charge is 0.318 e. The van der Waals surface area contributed by atoms with E-state index in [-0.39, 0.29) is 25.2 Å². The average molecular weight is 669 g/mol. The third-order valence-electron chi connectivity index (χ3n) is 10.1. The van der Waals surface area contributed by atoms with Gasteiger partial charge in [0.05, 0.1) is 30.7 Å². The number of carbonyl (C=O) groups is 3. The molecule has 0 radical (unpaired) electrons. The number of likely N-dealkylation sites (tertiary alicyclic amines) is 1.